The number of amides is 1. The molecule has 2 rings (SSSR count). The van der Waals surface area contributed by atoms with Gasteiger partial charge in [-0.1, -0.05) is 13.8 Å². The van der Waals surface area contributed by atoms with Gasteiger partial charge in [0.2, 0.25) is 0 Å². The molecule has 19 heavy (non-hydrogen) atoms. The number of rotatable bonds is 4. The quantitative estimate of drug-likeness (QED) is 0.571. The van der Waals surface area contributed by atoms with E-state index in [2.05, 4.69) is 22.7 Å². The van der Waals surface area contributed by atoms with Gasteiger partial charge in [-0.2, -0.15) is 0 Å². The van der Waals surface area contributed by atoms with E-state index in [4.69, 9.17) is 5.84 Å². The third-order valence-corrected chi connectivity index (χ3v) is 3.68. The number of carbonyl (C=O) groups is 1. The monoisotopic (exact) mass is 262 g/mol. The topological polar surface area (TPSA) is 80.0 Å². The molecule has 0 radical (unpaired) electrons. The van der Waals surface area contributed by atoms with E-state index in [-0.39, 0.29) is 5.91 Å². The Morgan fingerprint density at radius 2 is 2.26 bits per heavy atom. The van der Waals surface area contributed by atoms with Crippen LogP contribution in [0.25, 0.3) is 0 Å². The van der Waals surface area contributed by atoms with Crippen LogP contribution in [0.2, 0.25) is 0 Å². The summed E-state index contributed by atoms with van der Waals surface area (Å²) in [6.45, 7) is 4.23. The van der Waals surface area contributed by atoms with Crippen molar-refractivity contribution in [3.05, 3.63) is 23.4 Å². The Morgan fingerprint density at radius 3 is 2.84 bits per heavy atom. The fourth-order valence-electron chi connectivity index (χ4n) is 2.58. The molecular weight excluding hydrogens is 240 g/mol. The van der Waals surface area contributed by atoms with E-state index in [9.17, 15) is 4.79 Å². The lowest BCUT2D eigenvalue weighted by Crippen LogP contribution is -2.33. The second-order valence-corrected chi connectivity index (χ2v) is 5.32. The van der Waals surface area contributed by atoms with Crippen LogP contribution < -0.4 is 16.6 Å². The SMILES string of the molecule is CCc1cc(C(=O)NC2CCC(C)C2)cc(NN)n1. The number of pyridine rings is 1. The molecule has 4 N–H and O–H groups in total. The van der Waals surface area contributed by atoms with Crippen molar-refractivity contribution < 1.29 is 4.79 Å². The molecule has 1 aromatic heterocycles. The van der Waals surface area contributed by atoms with Gasteiger partial charge in [-0.15, -0.1) is 0 Å². The summed E-state index contributed by atoms with van der Waals surface area (Å²) in [6.07, 6.45) is 4.10. The molecule has 5 nitrogen and oxygen atoms in total. The van der Waals surface area contributed by atoms with E-state index in [0.29, 0.717) is 23.3 Å². The number of nitrogens with one attached hydrogen (secondary N) is 2. The first kappa shape index (κ1) is 13.8. The first-order valence-electron chi connectivity index (χ1n) is 6.90. The highest BCUT2D eigenvalue weighted by Crippen LogP contribution is 2.25. The maximum absolute atomic E-state index is 12.2. The van der Waals surface area contributed by atoms with Gasteiger partial charge in [-0.3, -0.25) is 4.79 Å². The first-order chi connectivity index (χ1) is 9.12. The van der Waals surface area contributed by atoms with E-state index in [1.165, 1.54) is 6.42 Å². The molecule has 0 aromatic carbocycles. The van der Waals surface area contributed by atoms with Crippen LogP contribution in [0.4, 0.5) is 5.82 Å². The standard InChI is InChI=1S/C14H22N4O/c1-3-11-7-10(8-13(16-11)18-15)14(19)17-12-5-4-9(2)6-12/h7-9,12H,3-6,15H2,1-2H3,(H,16,18)(H,17,19). The van der Waals surface area contributed by atoms with Crippen LogP contribution in [0.1, 0.15) is 49.2 Å². The summed E-state index contributed by atoms with van der Waals surface area (Å²) in [7, 11) is 0. The minimum Gasteiger partial charge on any atom is -0.349 e. The van der Waals surface area contributed by atoms with Crippen molar-refractivity contribution in [1.82, 2.24) is 10.3 Å². The molecule has 2 unspecified atom stereocenters. The zero-order chi connectivity index (χ0) is 13.8. The van der Waals surface area contributed by atoms with Gasteiger partial charge in [0.15, 0.2) is 0 Å². The molecule has 1 fully saturated rings. The van der Waals surface area contributed by atoms with Gasteiger partial charge in [-0.25, -0.2) is 10.8 Å². The highest BCUT2D eigenvalue weighted by atomic mass is 16.1. The summed E-state index contributed by atoms with van der Waals surface area (Å²) in [5.41, 5.74) is 3.99. The number of aryl methyl sites for hydroxylation is 1. The Balaban J connectivity index is 2.09. The van der Waals surface area contributed by atoms with Crippen LogP contribution in [0.15, 0.2) is 12.1 Å². The summed E-state index contributed by atoms with van der Waals surface area (Å²) in [5.74, 6) is 6.58. The number of nitrogens with two attached hydrogens (primary N) is 1. The first-order valence-corrected chi connectivity index (χ1v) is 6.90. The minimum absolute atomic E-state index is 0.0345. The maximum atomic E-state index is 12.2. The Kier molecular flexibility index (Phi) is 4.37. The summed E-state index contributed by atoms with van der Waals surface area (Å²) in [4.78, 5) is 16.5. The number of hydrogen-bond donors (Lipinski definition) is 3. The van der Waals surface area contributed by atoms with Crippen LogP contribution in [0, 0.1) is 5.92 Å². The normalized spacial score (nSPS) is 22.3. The smallest absolute Gasteiger partial charge is 0.251 e. The van der Waals surface area contributed by atoms with Gasteiger partial charge in [0, 0.05) is 17.3 Å². The second-order valence-electron chi connectivity index (χ2n) is 5.32. The predicted molar refractivity (Wildman–Crippen MR) is 75.7 cm³/mol. The molecule has 1 amide bonds. The fourth-order valence-corrected chi connectivity index (χ4v) is 2.58. The lowest BCUT2D eigenvalue weighted by Gasteiger charge is -2.13. The van der Waals surface area contributed by atoms with Gasteiger partial charge < -0.3 is 10.7 Å². The van der Waals surface area contributed by atoms with Crippen LogP contribution in [0.5, 0.6) is 0 Å². The van der Waals surface area contributed by atoms with Crippen LogP contribution in [-0.4, -0.2) is 16.9 Å². The van der Waals surface area contributed by atoms with E-state index >= 15 is 0 Å². The molecule has 1 aliphatic rings. The van der Waals surface area contributed by atoms with Crippen molar-refractivity contribution in [1.29, 1.82) is 0 Å². The Labute approximate surface area is 114 Å². The van der Waals surface area contributed by atoms with Crippen LogP contribution in [0.3, 0.4) is 0 Å². The van der Waals surface area contributed by atoms with Crippen molar-refractivity contribution in [2.75, 3.05) is 5.43 Å². The average molecular weight is 262 g/mol. The third-order valence-electron chi connectivity index (χ3n) is 3.68. The number of aromatic nitrogens is 1. The summed E-state index contributed by atoms with van der Waals surface area (Å²) in [6, 6.07) is 3.82. The zero-order valence-electron chi connectivity index (χ0n) is 11.6. The zero-order valence-corrected chi connectivity index (χ0v) is 11.6. The van der Waals surface area contributed by atoms with Gasteiger partial charge >= 0.3 is 0 Å². The lowest BCUT2D eigenvalue weighted by atomic mass is 10.1. The van der Waals surface area contributed by atoms with E-state index in [1.54, 1.807) is 6.07 Å². The minimum atomic E-state index is -0.0345. The van der Waals surface area contributed by atoms with Gasteiger partial charge in [0.25, 0.3) is 5.91 Å². The summed E-state index contributed by atoms with van der Waals surface area (Å²) >= 11 is 0. The number of anilines is 1. The Bertz CT molecular complexity index is 439. The van der Waals surface area contributed by atoms with E-state index in [1.807, 2.05) is 13.0 Å². The van der Waals surface area contributed by atoms with Crippen molar-refractivity contribution in [2.45, 2.75) is 45.6 Å². The van der Waals surface area contributed by atoms with Crippen molar-refractivity contribution >= 4 is 11.7 Å². The Morgan fingerprint density at radius 1 is 1.47 bits per heavy atom. The number of hydrazine groups is 1. The maximum Gasteiger partial charge on any atom is 0.251 e. The van der Waals surface area contributed by atoms with Crippen molar-refractivity contribution in [2.24, 2.45) is 11.8 Å². The molecule has 1 heterocycles. The molecule has 0 saturated heterocycles. The molecular formula is C14H22N4O. The highest BCUT2D eigenvalue weighted by molar-refractivity contribution is 5.95. The van der Waals surface area contributed by atoms with E-state index < -0.39 is 0 Å². The predicted octanol–water partition coefficient (Wildman–Crippen LogP) is 1.85. The summed E-state index contributed by atoms with van der Waals surface area (Å²) < 4.78 is 0. The summed E-state index contributed by atoms with van der Waals surface area (Å²) in [5, 5.41) is 3.09. The van der Waals surface area contributed by atoms with E-state index in [0.717, 1.165) is 25.0 Å². The molecule has 1 saturated carbocycles. The molecule has 2 atom stereocenters. The van der Waals surface area contributed by atoms with Gasteiger partial charge in [0.05, 0.1) is 0 Å². The molecule has 104 valence electrons. The lowest BCUT2D eigenvalue weighted by molar-refractivity contribution is 0.0937. The average Bonchev–Trinajstić information content (AvgIpc) is 2.83. The number of carbonyl (C=O) groups excluding carboxylic acids is 1. The number of hydrogen-bond acceptors (Lipinski definition) is 4. The molecule has 0 aliphatic heterocycles. The molecule has 0 bridgehead atoms. The number of nitrogens with zero attached hydrogens (tertiary/aromatic N) is 1. The fraction of sp³-hybridized carbons (Fsp3) is 0.571. The van der Waals surface area contributed by atoms with Crippen molar-refractivity contribution in [3.63, 3.8) is 0 Å². The second kappa shape index (κ2) is 6.02. The highest BCUT2D eigenvalue weighted by Gasteiger charge is 2.23. The van der Waals surface area contributed by atoms with Crippen LogP contribution in [-0.2, 0) is 6.42 Å². The van der Waals surface area contributed by atoms with Gasteiger partial charge in [0.1, 0.15) is 5.82 Å². The number of nitrogen functional groups attached to an aromatic ring is 1. The van der Waals surface area contributed by atoms with Gasteiger partial charge in [-0.05, 0) is 43.7 Å². The Hall–Kier alpha value is -1.62. The molecule has 0 spiro atoms. The van der Waals surface area contributed by atoms with Crippen LogP contribution >= 0.6 is 0 Å². The molecule has 1 aromatic rings. The van der Waals surface area contributed by atoms with Crippen molar-refractivity contribution in [3.8, 4) is 0 Å². The third kappa shape index (κ3) is 3.44. The largest absolute Gasteiger partial charge is 0.349 e. The molecule has 5 heteroatoms. The molecule has 1 aliphatic carbocycles.